The highest BCUT2D eigenvalue weighted by molar-refractivity contribution is 6.74. The van der Waals surface area contributed by atoms with Crippen LogP contribution in [0.2, 0.25) is 18.1 Å². The highest BCUT2D eigenvalue weighted by Crippen LogP contribution is 2.39. The molecule has 1 amide bonds. The van der Waals surface area contributed by atoms with Gasteiger partial charge in [-0.05, 0) is 38.0 Å². The van der Waals surface area contributed by atoms with E-state index in [9.17, 15) is 9.59 Å². The molecule has 1 aromatic heterocycles. The van der Waals surface area contributed by atoms with Crippen LogP contribution in [-0.2, 0) is 20.5 Å². The van der Waals surface area contributed by atoms with Crippen molar-refractivity contribution in [2.24, 2.45) is 0 Å². The third kappa shape index (κ3) is 4.90. The van der Waals surface area contributed by atoms with Gasteiger partial charge in [-0.15, -0.1) is 0 Å². The van der Waals surface area contributed by atoms with Gasteiger partial charge >= 0.3 is 0 Å². The van der Waals surface area contributed by atoms with Crippen LogP contribution in [0.4, 0.5) is 0 Å². The molecule has 8 heteroatoms. The largest absolute Gasteiger partial charge is 0.397 e. The summed E-state index contributed by atoms with van der Waals surface area (Å²) in [5, 5.41) is 4.46. The van der Waals surface area contributed by atoms with E-state index in [0.717, 1.165) is 5.69 Å². The number of amides is 1. The Balaban J connectivity index is 2.02. The summed E-state index contributed by atoms with van der Waals surface area (Å²) in [6, 6.07) is 1.68. The fraction of sp³-hybridized carbons (Fsp3) is 0.750. The number of aromatic nitrogens is 2. The minimum absolute atomic E-state index is 0.0405. The molecule has 1 aliphatic rings. The number of ketones is 1. The lowest BCUT2D eigenvalue weighted by Gasteiger charge is -2.48. The van der Waals surface area contributed by atoms with Gasteiger partial charge in [0.2, 0.25) is 5.91 Å². The van der Waals surface area contributed by atoms with Gasteiger partial charge < -0.3 is 14.1 Å². The second kappa shape index (κ2) is 8.47. The van der Waals surface area contributed by atoms with Gasteiger partial charge in [0, 0.05) is 25.6 Å². The molecule has 0 radical (unpaired) electrons. The molecule has 158 valence electrons. The van der Waals surface area contributed by atoms with Gasteiger partial charge in [0.15, 0.2) is 14.1 Å². The van der Waals surface area contributed by atoms with Gasteiger partial charge in [-0.2, -0.15) is 5.10 Å². The van der Waals surface area contributed by atoms with Gasteiger partial charge in [-0.3, -0.25) is 14.3 Å². The third-order valence-corrected chi connectivity index (χ3v) is 10.5. The Bertz CT molecular complexity index is 724. The maximum absolute atomic E-state index is 12.7. The standard InChI is InChI=1S/C20H35N3O4Si/c1-14-11-17(21-22(14)9-10-26-6)18(24)12-16-13-19(25)23(16)15(2)27-28(7,8)20(3,4)5/h11,15-16H,9-10,12-13H2,1-8H3/t15-,16?/m0/s1. The summed E-state index contributed by atoms with van der Waals surface area (Å²) in [5.74, 6) is 0.00658. The molecule has 28 heavy (non-hydrogen) atoms. The lowest BCUT2D eigenvalue weighted by atomic mass is 9.95. The summed E-state index contributed by atoms with van der Waals surface area (Å²) >= 11 is 0. The van der Waals surface area contributed by atoms with E-state index in [1.54, 1.807) is 22.8 Å². The molecule has 1 aliphatic heterocycles. The zero-order valence-corrected chi connectivity index (χ0v) is 19.5. The number of rotatable bonds is 9. The van der Waals surface area contributed by atoms with Crippen molar-refractivity contribution in [2.45, 2.75) is 84.4 Å². The molecular weight excluding hydrogens is 374 g/mol. The molecule has 0 spiro atoms. The van der Waals surface area contributed by atoms with Crippen LogP contribution < -0.4 is 0 Å². The van der Waals surface area contributed by atoms with E-state index < -0.39 is 8.32 Å². The van der Waals surface area contributed by atoms with Crippen molar-refractivity contribution in [1.82, 2.24) is 14.7 Å². The normalized spacial score (nSPS) is 18.9. The molecule has 0 aromatic carbocycles. The number of methoxy groups -OCH3 is 1. The van der Waals surface area contributed by atoms with Crippen LogP contribution in [0.15, 0.2) is 6.07 Å². The number of likely N-dealkylation sites (tertiary alicyclic amines) is 1. The van der Waals surface area contributed by atoms with Crippen molar-refractivity contribution < 1.29 is 18.8 Å². The molecule has 1 saturated heterocycles. The minimum Gasteiger partial charge on any atom is -0.397 e. The molecule has 1 unspecified atom stereocenters. The van der Waals surface area contributed by atoms with Gasteiger partial charge in [-0.1, -0.05) is 20.8 Å². The highest BCUT2D eigenvalue weighted by atomic mass is 28.4. The molecule has 0 bridgehead atoms. The van der Waals surface area contributed by atoms with Gasteiger partial charge in [0.05, 0.1) is 19.2 Å². The minimum atomic E-state index is -2.00. The first-order valence-corrected chi connectivity index (χ1v) is 12.8. The van der Waals surface area contributed by atoms with Crippen LogP contribution in [0.25, 0.3) is 0 Å². The van der Waals surface area contributed by atoms with Crippen LogP contribution in [0, 0.1) is 6.92 Å². The average Bonchev–Trinajstić information content (AvgIpc) is 2.91. The molecule has 2 atom stereocenters. The number of carbonyl (C=O) groups excluding carboxylic acids is 2. The summed E-state index contributed by atoms with van der Waals surface area (Å²) in [4.78, 5) is 26.7. The Morgan fingerprint density at radius 2 is 2.04 bits per heavy atom. The van der Waals surface area contributed by atoms with E-state index in [2.05, 4.69) is 39.0 Å². The van der Waals surface area contributed by atoms with Gasteiger partial charge in [0.25, 0.3) is 0 Å². The smallest absolute Gasteiger partial charge is 0.226 e. The third-order valence-electron chi connectivity index (χ3n) is 5.95. The van der Waals surface area contributed by atoms with Crippen LogP contribution in [0.5, 0.6) is 0 Å². The van der Waals surface area contributed by atoms with E-state index in [0.29, 0.717) is 25.3 Å². The summed E-state index contributed by atoms with van der Waals surface area (Å²) in [6.45, 7) is 15.9. The van der Waals surface area contributed by atoms with Gasteiger partial charge in [0.1, 0.15) is 11.9 Å². The van der Waals surface area contributed by atoms with Crippen LogP contribution >= 0.6 is 0 Å². The molecule has 2 rings (SSSR count). The van der Waals surface area contributed by atoms with Gasteiger partial charge in [-0.25, -0.2) is 0 Å². The van der Waals surface area contributed by atoms with Crippen molar-refractivity contribution in [3.8, 4) is 0 Å². The number of hydrogen-bond acceptors (Lipinski definition) is 5. The lowest BCUT2D eigenvalue weighted by molar-refractivity contribution is -0.159. The molecule has 0 aliphatic carbocycles. The van der Waals surface area contributed by atoms with Crippen molar-refractivity contribution in [2.75, 3.05) is 13.7 Å². The summed E-state index contributed by atoms with van der Waals surface area (Å²) < 4.78 is 13.2. The van der Waals surface area contributed by atoms with Crippen molar-refractivity contribution in [3.63, 3.8) is 0 Å². The Morgan fingerprint density at radius 1 is 1.39 bits per heavy atom. The number of β-lactam (4-membered cyclic amide) rings is 1. The first-order chi connectivity index (χ1) is 12.9. The Morgan fingerprint density at radius 3 is 2.57 bits per heavy atom. The first-order valence-electron chi connectivity index (χ1n) is 9.93. The molecule has 1 aromatic rings. The number of aryl methyl sites for hydroxylation is 1. The van der Waals surface area contributed by atoms with Crippen molar-refractivity contribution in [3.05, 3.63) is 17.5 Å². The van der Waals surface area contributed by atoms with Crippen LogP contribution in [-0.4, -0.2) is 60.7 Å². The Kier molecular flexibility index (Phi) is 6.89. The van der Waals surface area contributed by atoms with E-state index >= 15 is 0 Å². The van der Waals surface area contributed by atoms with E-state index in [1.165, 1.54) is 0 Å². The quantitative estimate of drug-likeness (QED) is 0.355. The molecule has 0 N–H and O–H groups in total. The van der Waals surface area contributed by atoms with Crippen LogP contribution in [0.3, 0.4) is 0 Å². The van der Waals surface area contributed by atoms with E-state index in [1.807, 2.05) is 13.8 Å². The summed E-state index contributed by atoms with van der Waals surface area (Å²) in [7, 11) is -0.361. The number of carbonyl (C=O) groups is 2. The second-order valence-corrected chi connectivity index (χ2v) is 13.9. The topological polar surface area (TPSA) is 73.7 Å². The summed E-state index contributed by atoms with van der Waals surface area (Å²) in [6.07, 6.45) is 0.346. The summed E-state index contributed by atoms with van der Waals surface area (Å²) in [5.41, 5.74) is 1.38. The maximum atomic E-state index is 12.7. The maximum Gasteiger partial charge on any atom is 0.226 e. The first kappa shape index (κ1) is 22.8. The fourth-order valence-corrected chi connectivity index (χ4v) is 4.52. The van der Waals surface area contributed by atoms with Crippen molar-refractivity contribution in [1.29, 1.82) is 0 Å². The predicted molar refractivity (Wildman–Crippen MR) is 111 cm³/mol. The second-order valence-electron chi connectivity index (χ2n) is 9.15. The zero-order valence-electron chi connectivity index (χ0n) is 18.5. The average molecular weight is 410 g/mol. The number of hydrogen-bond donors (Lipinski definition) is 0. The molecule has 0 saturated carbocycles. The number of ether oxygens (including phenoxy) is 1. The fourth-order valence-electron chi connectivity index (χ4n) is 3.20. The molecule has 1 fully saturated rings. The Hall–Kier alpha value is -1.51. The van der Waals surface area contributed by atoms with Crippen LogP contribution in [0.1, 0.15) is 56.7 Å². The zero-order chi connectivity index (χ0) is 21.3. The molecule has 7 nitrogen and oxygen atoms in total. The monoisotopic (exact) mass is 409 g/mol. The van der Waals surface area contributed by atoms with Crippen molar-refractivity contribution >= 4 is 20.0 Å². The molecular formula is C20H35N3O4Si. The SMILES string of the molecule is COCCn1nc(C(=O)CC2CC(=O)N2[C@H](C)O[Si](C)(C)C(C)(C)C)cc1C. The van der Waals surface area contributed by atoms with E-state index in [4.69, 9.17) is 9.16 Å². The Labute approximate surface area is 169 Å². The molecule has 2 heterocycles. The predicted octanol–water partition coefficient (Wildman–Crippen LogP) is 3.38. The lowest BCUT2D eigenvalue weighted by Crippen LogP contribution is -2.60. The number of nitrogens with zero attached hydrogens (tertiary/aromatic N) is 3. The number of Topliss-reactive ketones (excluding diaryl/α,β-unsaturated/α-hetero) is 1. The highest BCUT2D eigenvalue weighted by Gasteiger charge is 2.45. The van der Waals surface area contributed by atoms with E-state index in [-0.39, 0.29) is 35.4 Å².